The summed E-state index contributed by atoms with van der Waals surface area (Å²) >= 11 is 0. The van der Waals surface area contributed by atoms with E-state index in [0.717, 1.165) is 5.57 Å². The lowest BCUT2D eigenvalue weighted by Gasteiger charge is -2.42. The van der Waals surface area contributed by atoms with Gasteiger partial charge in [-0.1, -0.05) is 26.3 Å². The first-order valence-corrected chi connectivity index (χ1v) is 9.52. The molecule has 146 valence electrons. The van der Waals surface area contributed by atoms with Crippen molar-refractivity contribution in [1.29, 1.82) is 0 Å². The predicted octanol–water partition coefficient (Wildman–Crippen LogP) is 3.64. The van der Waals surface area contributed by atoms with Gasteiger partial charge in [-0.15, -0.1) is 0 Å². The Hall–Kier alpha value is -2.14. The molecule has 2 aliphatic carbocycles. The van der Waals surface area contributed by atoms with Crippen LogP contribution in [0.5, 0.6) is 5.75 Å². The molecule has 0 radical (unpaired) electrons. The number of carbonyl (C=O) groups is 2. The largest absolute Gasteiger partial charge is 0.508 e. The maximum atomic E-state index is 12.9. The lowest BCUT2D eigenvalue weighted by atomic mass is 9.67. The zero-order valence-electron chi connectivity index (χ0n) is 16.4. The fourth-order valence-electron chi connectivity index (χ4n) is 4.77. The van der Waals surface area contributed by atoms with Crippen LogP contribution in [0.2, 0.25) is 0 Å². The van der Waals surface area contributed by atoms with E-state index in [1.54, 1.807) is 6.08 Å². The minimum Gasteiger partial charge on any atom is -0.508 e. The van der Waals surface area contributed by atoms with Gasteiger partial charge in [0.25, 0.3) is 0 Å². The number of hydrogen-bond acceptors (Lipinski definition) is 5. The van der Waals surface area contributed by atoms with Crippen molar-refractivity contribution in [2.24, 2.45) is 17.3 Å². The molecule has 5 nitrogen and oxygen atoms in total. The third kappa shape index (κ3) is 3.29. The van der Waals surface area contributed by atoms with Crippen LogP contribution >= 0.6 is 0 Å². The molecule has 5 heteroatoms. The Morgan fingerprint density at radius 2 is 1.85 bits per heavy atom. The summed E-state index contributed by atoms with van der Waals surface area (Å²) in [7, 11) is 0. The minimum atomic E-state index is -1.07. The van der Waals surface area contributed by atoms with Crippen LogP contribution in [0.15, 0.2) is 35.9 Å². The van der Waals surface area contributed by atoms with E-state index in [-0.39, 0.29) is 17.5 Å². The number of ketones is 1. The van der Waals surface area contributed by atoms with Crippen LogP contribution in [0.1, 0.15) is 57.3 Å². The molecule has 1 aromatic carbocycles. The SMILES string of the molecule is CC1=CC(=O)[C@@]2(C)CC[C@@](O)(C(C)C)[C@H]2[C@@H](OC(=O)c2ccc(O)cc2)C1. The molecule has 1 aromatic rings. The van der Waals surface area contributed by atoms with Crippen molar-refractivity contribution in [2.45, 2.75) is 58.7 Å². The van der Waals surface area contributed by atoms with Crippen LogP contribution in [0.25, 0.3) is 0 Å². The van der Waals surface area contributed by atoms with Crippen LogP contribution < -0.4 is 0 Å². The molecule has 2 N–H and O–H groups in total. The molecule has 0 amide bonds. The number of allylic oxidation sites excluding steroid dienone is 1. The molecule has 27 heavy (non-hydrogen) atoms. The first-order chi connectivity index (χ1) is 12.6. The highest BCUT2D eigenvalue weighted by molar-refractivity contribution is 5.96. The van der Waals surface area contributed by atoms with Crippen LogP contribution in [0, 0.1) is 17.3 Å². The Morgan fingerprint density at radius 1 is 1.22 bits per heavy atom. The van der Waals surface area contributed by atoms with E-state index in [4.69, 9.17) is 4.74 Å². The fourth-order valence-corrected chi connectivity index (χ4v) is 4.77. The minimum absolute atomic E-state index is 0.00441. The number of rotatable bonds is 3. The molecule has 0 bridgehead atoms. The van der Waals surface area contributed by atoms with Crippen molar-refractivity contribution in [3.8, 4) is 5.75 Å². The first kappa shape index (κ1) is 19.6. The van der Waals surface area contributed by atoms with Gasteiger partial charge in [0, 0.05) is 17.8 Å². The molecule has 1 saturated carbocycles. The zero-order chi connectivity index (χ0) is 20.0. The number of aliphatic hydroxyl groups is 1. The number of ether oxygens (including phenoxy) is 1. The molecular weight excluding hydrogens is 344 g/mol. The fraction of sp³-hybridized carbons (Fsp3) is 0.545. The lowest BCUT2D eigenvalue weighted by Crippen LogP contribution is -2.51. The normalized spacial score (nSPS) is 33.4. The van der Waals surface area contributed by atoms with E-state index in [1.807, 2.05) is 27.7 Å². The average molecular weight is 372 g/mol. The second-order valence-corrected chi connectivity index (χ2v) is 8.59. The van der Waals surface area contributed by atoms with Gasteiger partial charge in [-0.2, -0.15) is 0 Å². The average Bonchev–Trinajstić information content (AvgIpc) is 2.83. The Bertz CT molecular complexity index is 778. The summed E-state index contributed by atoms with van der Waals surface area (Å²) in [4.78, 5) is 25.6. The Labute approximate surface area is 160 Å². The van der Waals surface area contributed by atoms with Gasteiger partial charge in [0.05, 0.1) is 11.2 Å². The van der Waals surface area contributed by atoms with E-state index in [0.29, 0.717) is 24.8 Å². The summed E-state index contributed by atoms with van der Waals surface area (Å²) < 4.78 is 5.87. The van der Waals surface area contributed by atoms with Gasteiger partial charge in [0.15, 0.2) is 5.78 Å². The molecule has 2 aliphatic rings. The maximum absolute atomic E-state index is 12.9. The second-order valence-electron chi connectivity index (χ2n) is 8.59. The number of fused-ring (bicyclic) bond motifs is 1. The van der Waals surface area contributed by atoms with E-state index in [1.165, 1.54) is 24.3 Å². The zero-order valence-corrected chi connectivity index (χ0v) is 16.4. The molecule has 0 heterocycles. The van der Waals surface area contributed by atoms with Crippen molar-refractivity contribution in [1.82, 2.24) is 0 Å². The van der Waals surface area contributed by atoms with Crippen molar-refractivity contribution < 1.29 is 24.5 Å². The van der Waals surface area contributed by atoms with Gasteiger partial charge in [-0.3, -0.25) is 4.79 Å². The molecule has 0 aromatic heterocycles. The van der Waals surface area contributed by atoms with Crippen molar-refractivity contribution in [3.63, 3.8) is 0 Å². The summed E-state index contributed by atoms with van der Waals surface area (Å²) in [5.74, 6) is -0.965. The Kier molecular flexibility index (Phi) is 4.93. The highest BCUT2D eigenvalue weighted by atomic mass is 16.5. The molecule has 0 spiro atoms. The highest BCUT2D eigenvalue weighted by Crippen LogP contribution is 2.56. The summed E-state index contributed by atoms with van der Waals surface area (Å²) in [6.45, 7) is 7.63. The summed E-state index contributed by atoms with van der Waals surface area (Å²) in [6.07, 6.45) is 2.56. The predicted molar refractivity (Wildman–Crippen MR) is 101 cm³/mol. The second kappa shape index (κ2) is 6.79. The smallest absolute Gasteiger partial charge is 0.338 e. The van der Waals surface area contributed by atoms with Gasteiger partial charge in [0.1, 0.15) is 11.9 Å². The number of esters is 1. The third-order valence-electron chi connectivity index (χ3n) is 6.47. The van der Waals surface area contributed by atoms with Gasteiger partial charge in [-0.05, 0) is 56.0 Å². The van der Waals surface area contributed by atoms with E-state index in [9.17, 15) is 19.8 Å². The molecule has 1 fully saturated rings. The number of benzene rings is 1. The molecular formula is C22H28O5. The van der Waals surface area contributed by atoms with Crippen LogP contribution in [-0.4, -0.2) is 33.7 Å². The number of carbonyl (C=O) groups excluding carboxylic acids is 2. The van der Waals surface area contributed by atoms with Gasteiger partial charge < -0.3 is 14.9 Å². The number of hydrogen-bond donors (Lipinski definition) is 2. The van der Waals surface area contributed by atoms with Crippen LogP contribution in [-0.2, 0) is 9.53 Å². The molecule has 4 atom stereocenters. The number of phenols is 1. The summed E-state index contributed by atoms with van der Waals surface area (Å²) in [5.41, 5.74) is -0.637. The summed E-state index contributed by atoms with van der Waals surface area (Å²) in [5, 5.41) is 20.9. The van der Waals surface area contributed by atoms with Gasteiger partial charge in [0.2, 0.25) is 0 Å². The first-order valence-electron chi connectivity index (χ1n) is 9.52. The molecule has 0 unspecified atom stereocenters. The quantitative estimate of drug-likeness (QED) is 0.792. The molecule has 3 rings (SSSR count). The third-order valence-corrected chi connectivity index (χ3v) is 6.47. The molecule has 0 aliphatic heterocycles. The van der Waals surface area contributed by atoms with E-state index >= 15 is 0 Å². The van der Waals surface area contributed by atoms with E-state index in [2.05, 4.69) is 0 Å². The standard InChI is InChI=1S/C22H28O5/c1-13(2)22(26)10-9-21(4)18(24)12-14(3)11-17(19(21)22)27-20(25)15-5-7-16(23)8-6-15/h5-8,12-13,17,19,23,26H,9-11H2,1-4H3/t17-,19-,21+,22+/m0/s1. The Morgan fingerprint density at radius 3 is 2.44 bits per heavy atom. The van der Waals surface area contributed by atoms with Crippen molar-refractivity contribution in [2.75, 3.05) is 0 Å². The van der Waals surface area contributed by atoms with Crippen molar-refractivity contribution >= 4 is 11.8 Å². The monoisotopic (exact) mass is 372 g/mol. The number of aromatic hydroxyl groups is 1. The molecule has 0 saturated heterocycles. The van der Waals surface area contributed by atoms with Crippen LogP contribution in [0.3, 0.4) is 0 Å². The van der Waals surface area contributed by atoms with E-state index < -0.39 is 29.0 Å². The van der Waals surface area contributed by atoms with Crippen molar-refractivity contribution in [3.05, 3.63) is 41.5 Å². The van der Waals surface area contributed by atoms with Crippen LogP contribution in [0.4, 0.5) is 0 Å². The lowest BCUT2D eigenvalue weighted by molar-refractivity contribution is -0.140. The van der Waals surface area contributed by atoms with Gasteiger partial charge >= 0.3 is 5.97 Å². The maximum Gasteiger partial charge on any atom is 0.338 e. The Balaban J connectivity index is 1.98. The summed E-state index contributed by atoms with van der Waals surface area (Å²) in [6, 6.07) is 5.88. The highest BCUT2D eigenvalue weighted by Gasteiger charge is 2.62. The number of phenolic OH excluding ortho intramolecular Hbond substituents is 1. The topological polar surface area (TPSA) is 83.8 Å². The van der Waals surface area contributed by atoms with Gasteiger partial charge in [-0.25, -0.2) is 4.79 Å².